The van der Waals surface area contributed by atoms with Crippen LogP contribution in [0.4, 0.5) is 0 Å². The highest BCUT2D eigenvalue weighted by Gasteiger charge is 2.10. The zero-order chi connectivity index (χ0) is 15.4. The third-order valence-electron chi connectivity index (χ3n) is 3.42. The van der Waals surface area contributed by atoms with E-state index in [9.17, 15) is 5.11 Å². The van der Waals surface area contributed by atoms with Gasteiger partial charge in [0, 0.05) is 16.4 Å². The molecule has 0 aliphatic rings. The Bertz CT molecular complexity index is 736. The molecule has 3 aromatic rings. The molecule has 22 heavy (non-hydrogen) atoms. The molecule has 0 amide bonds. The van der Waals surface area contributed by atoms with Crippen molar-refractivity contribution in [2.24, 2.45) is 0 Å². The fourth-order valence-electron chi connectivity index (χ4n) is 2.36. The number of para-hydroxylation sites is 1. The minimum atomic E-state index is -0.0180. The summed E-state index contributed by atoms with van der Waals surface area (Å²) >= 11 is 5.87. The number of ether oxygens (including phenoxy) is 1. The molecule has 0 aliphatic carbocycles. The predicted molar refractivity (Wildman–Crippen MR) is 87.5 cm³/mol. The van der Waals surface area contributed by atoms with Crippen molar-refractivity contribution in [1.82, 2.24) is 4.57 Å². The number of hydrogen-bond acceptors (Lipinski definition) is 2. The van der Waals surface area contributed by atoms with Crippen molar-refractivity contribution >= 4 is 11.6 Å². The molecule has 0 saturated carbocycles. The molecule has 3 nitrogen and oxygen atoms in total. The second-order valence-corrected chi connectivity index (χ2v) is 5.32. The van der Waals surface area contributed by atoms with Gasteiger partial charge in [0.05, 0.1) is 12.3 Å². The Morgan fingerprint density at radius 3 is 2.23 bits per heavy atom. The van der Waals surface area contributed by atoms with Gasteiger partial charge in [-0.3, -0.25) is 0 Å². The number of aliphatic hydroxyl groups excluding tert-OH is 1. The lowest BCUT2D eigenvalue weighted by molar-refractivity contribution is 0.270. The molecule has 0 fully saturated rings. The third-order valence-corrected chi connectivity index (χ3v) is 3.67. The summed E-state index contributed by atoms with van der Waals surface area (Å²) in [6.45, 7) is 0.395. The number of benzene rings is 2. The highest BCUT2D eigenvalue weighted by atomic mass is 35.5. The van der Waals surface area contributed by atoms with E-state index in [4.69, 9.17) is 16.3 Å². The van der Waals surface area contributed by atoms with E-state index in [1.54, 1.807) is 12.1 Å². The number of halogens is 1. The summed E-state index contributed by atoms with van der Waals surface area (Å²) in [5.41, 5.74) is 2.82. The quantitative estimate of drug-likeness (QED) is 0.766. The summed E-state index contributed by atoms with van der Waals surface area (Å²) in [7, 11) is 0. The minimum absolute atomic E-state index is 0.0180. The van der Waals surface area contributed by atoms with Gasteiger partial charge in [-0.15, -0.1) is 0 Å². The second kappa shape index (κ2) is 6.69. The van der Waals surface area contributed by atoms with Gasteiger partial charge in [0.1, 0.15) is 12.4 Å². The number of aliphatic hydroxyl groups is 1. The largest absolute Gasteiger partial charge is 0.487 e. The maximum atomic E-state index is 9.53. The van der Waals surface area contributed by atoms with Crippen LogP contribution in [0.25, 0.3) is 5.69 Å². The maximum absolute atomic E-state index is 9.53. The Kier molecular flexibility index (Phi) is 4.47. The Morgan fingerprint density at radius 2 is 1.55 bits per heavy atom. The van der Waals surface area contributed by atoms with Crippen LogP contribution in [0, 0.1) is 0 Å². The maximum Gasteiger partial charge on any atom is 0.129 e. The molecule has 3 rings (SSSR count). The third kappa shape index (κ3) is 3.16. The molecule has 0 atom stereocenters. The zero-order valence-corrected chi connectivity index (χ0v) is 12.7. The Labute approximate surface area is 134 Å². The highest BCUT2D eigenvalue weighted by Crippen LogP contribution is 2.21. The van der Waals surface area contributed by atoms with Crippen LogP contribution >= 0.6 is 11.6 Å². The number of rotatable bonds is 5. The number of hydrogen-bond donors (Lipinski definition) is 1. The van der Waals surface area contributed by atoms with Crippen LogP contribution in [0.2, 0.25) is 5.02 Å². The molecule has 0 radical (unpaired) electrons. The molecule has 4 heteroatoms. The van der Waals surface area contributed by atoms with Gasteiger partial charge in [0.2, 0.25) is 0 Å². The Balaban J connectivity index is 1.85. The molecular weight excluding hydrogens is 298 g/mol. The Hall–Kier alpha value is -2.23. The van der Waals surface area contributed by atoms with Crippen molar-refractivity contribution in [1.29, 1.82) is 0 Å². The fraction of sp³-hybridized carbons (Fsp3) is 0.111. The minimum Gasteiger partial charge on any atom is -0.487 e. The average molecular weight is 314 g/mol. The monoisotopic (exact) mass is 313 g/mol. The average Bonchev–Trinajstić information content (AvgIpc) is 2.98. The van der Waals surface area contributed by atoms with Gasteiger partial charge in [-0.25, -0.2) is 0 Å². The zero-order valence-electron chi connectivity index (χ0n) is 11.9. The van der Waals surface area contributed by atoms with E-state index in [1.807, 2.05) is 59.2 Å². The van der Waals surface area contributed by atoms with E-state index < -0.39 is 0 Å². The van der Waals surface area contributed by atoms with Crippen LogP contribution in [0.3, 0.4) is 0 Å². The molecule has 112 valence electrons. The molecule has 0 saturated heterocycles. The van der Waals surface area contributed by atoms with Crippen LogP contribution in [0.5, 0.6) is 5.75 Å². The van der Waals surface area contributed by atoms with Crippen molar-refractivity contribution in [2.75, 3.05) is 0 Å². The summed E-state index contributed by atoms with van der Waals surface area (Å²) in [6.07, 6.45) is 0. The number of nitrogens with zero attached hydrogens (tertiary/aromatic N) is 1. The summed E-state index contributed by atoms with van der Waals surface area (Å²) in [6, 6.07) is 21.1. The Morgan fingerprint density at radius 1 is 0.864 bits per heavy atom. The van der Waals surface area contributed by atoms with Crippen molar-refractivity contribution in [2.45, 2.75) is 13.2 Å². The van der Waals surface area contributed by atoms with Crippen molar-refractivity contribution in [3.63, 3.8) is 0 Å². The van der Waals surface area contributed by atoms with E-state index in [2.05, 4.69) is 0 Å². The summed E-state index contributed by atoms with van der Waals surface area (Å²) in [4.78, 5) is 0. The van der Waals surface area contributed by atoms with E-state index in [0.717, 1.165) is 22.8 Å². The van der Waals surface area contributed by atoms with Crippen molar-refractivity contribution in [3.8, 4) is 11.4 Å². The van der Waals surface area contributed by atoms with Gasteiger partial charge in [0.25, 0.3) is 0 Å². The van der Waals surface area contributed by atoms with Gasteiger partial charge in [0.15, 0.2) is 0 Å². The predicted octanol–water partition coefficient (Wildman–Crippen LogP) is 4.20. The first-order chi connectivity index (χ1) is 10.8. The first-order valence-electron chi connectivity index (χ1n) is 7.02. The van der Waals surface area contributed by atoms with E-state index in [0.29, 0.717) is 11.6 Å². The van der Waals surface area contributed by atoms with Crippen molar-refractivity contribution < 1.29 is 9.84 Å². The topological polar surface area (TPSA) is 34.4 Å². The van der Waals surface area contributed by atoms with Crippen LogP contribution in [0.15, 0.2) is 66.7 Å². The summed E-state index contributed by atoms with van der Waals surface area (Å²) < 4.78 is 7.82. The normalized spacial score (nSPS) is 10.6. The van der Waals surface area contributed by atoms with Gasteiger partial charge >= 0.3 is 0 Å². The van der Waals surface area contributed by atoms with Gasteiger partial charge in [-0.05, 0) is 48.5 Å². The van der Waals surface area contributed by atoms with Crippen LogP contribution in [-0.2, 0) is 13.2 Å². The SMILES string of the molecule is OCc1ccc(COc2ccc(Cl)cc2)n1-c1ccccc1. The first kappa shape index (κ1) is 14.7. The summed E-state index contributed by atoms with van der Waals surface area (Å²) in [5, 5.41) is 10.2. The van der Waals surface area contributed by atoms with E-state index in [-0.39, 0.29) is 6.61 Å². The van der Waals surface area contributed by atoms with E-state index >= 15 is 0 Å². The van der Waals surface area contributed by atoms with Crippen LogP contribution in [0.1, 0.15) is 11.4 Å². The van der Waals surface area contributed by atoms with Crippen molar-refractivity contribution in [3.05, 3.63) is 83.1 Å². The lowest BCUT2D eigenvalue weighted by Gasteiger charge is -2.13. The van der Waals surface area contributed by atoms with Crippen LogP contribution in [-0.4, -0.2) is 9.67 Å². The lowest BCUT2D eigenvalue weighted by Crippen LogP contribution is -2.07. The lowest BCUT2D eigenvalue weighted by atomic mass is 10.3. The second-order valence-electron chi connectivity index (χ2n) is 4.89. The van der Waals surface area contributed by atoms with Gasteiger partial charge < -0.3 is 14.4 Å². The number of aromatic nitrogens is 1. The molecule has 0 aliphatic heterocycles. The molecule has 0 bridgehead atoms. The van der Waals surface area contributed by atoms with Gasteiger partial charge in [-0.1, -0.05) is 29.8 Å². The van der Waals surface area contributed by atoms with Crippen LogP contribution < -0.4 is 4.74 Å². The molecule has 0 spiro atoms. The van der Waals surface area contributed by atoms with Gasteiger partial charge in [-0.2, -0.15) is 0 Å². The van der Waals surface area contributed by atoms with E-state index in [1.165, 1.54) is 0 Å². The smallest absolute Gasteiger partial charge is 0.129 e. The molecule has 1 N–H and O–H groups in total. The molecule has 1 aromatic heterocycles. The fourth-order valence-corrected chi connectivity index (χ4v) is 2.48. The molecular formula is C18H16ClNO2. The molecule has 2 aromatic carbocycles. The highest BCUT2D eigenvalue weighted by molar-refractivity contribution is 6.30. The summed E-state index contributed by atoms with van der Waals surface area (Å²) in [5.74, 6) is 0.760. The standard InChI is InChI=1S/C18H16ClNO2/c19-14-6-10-18(11-7-14)22-13-17-9-8-16(12-21)20(17)15-4-2-1-3-5-15/h1-11,21H,12-13H2. The molecule has 0 unspecified atom stereocenters. The first-order valence-corrected chi connectivity index (χ1v) is 7.40. The molecule has 1 heterocycles.